The minimum atomic E-state index is -0.266. The van der Waals surface area contributed by atoms with Crippen molar-refractivity contribution in [3.8, 4) is 0 Å². The quantitative estimate of drug-likeness (QED) is 0.750. The van der Waals surface area contributed by atoms with Gasteiger partial charge in [0.2, 0.25) is 0 Å². The Morgan fingerprint density at radius 3 is 2.33 bits per heavy atom. The minimum Gasteiger partial charge on any atom is -0.465 e. The summed E-state index contributed by atoms with van der Waals surface area (Å²) in [4.78, 5) is 13.8. The number of carbonyl (C=O) groups excluding carboxylic acids is 1. The Labute approximate surface area is 108 Å². The summed E-state index contributed by atoms with van der Waals surface area (Å²) in [6, 6.07) is 7.74. The van der Waals surface area contributed by atoms with E-state index >= 15 is 0 Å². The van der Waals surface area contributed by atoms with Crippen LogP contribution in [0.5, 0.6) is 0 Å². The molecule has 2 aliphatic rings. The van der Waals surface area contributed by atoms with Gasteiger partial charge in [-0.05, 0) is 37.1 Å². The SMILES string of the molecule is COC(=O)c1ccc(N2CC3(CCCC3)C2)cc1. The molecule has 1 aromatic carbocycles. The molecule has 96 valence electrons. The Morgan fingerprint density at radius 2 is 1.78 bits per heavy atom. The zero-order valence-electron chi connectivity index (χ0n) is 10.8. The standard InChI is InChI=1S/C15H19NO2/c1-18-14(17)12-4-6-13(7-5-12)16-10-15(11-16)8-2-3-9-15/h4-7H,2-3,8-11H2,1H3. The molecule has 0 radical (unpaired) electrons. The van der Waals surface area contributed by atoms with Crippen molar-refractivity contribution in [2.45, 2.75) is 25.7 Å². The van der Waals surface area contributed by atoms with Gasteiger partial charge in [0.15, 0.2) is 0 Å². The topological polar surface area (TPSA) is 29.5 Å². The summed E-state index contributed by atoms with van der Waals surface area (Å²) in [6.07, 6.45) is 5.58. The predicted molar refractivity (Wildman–Crippen MR) is 70.9 cm³/mol. The van der Waals surface area contributed by atoms with Gasteiger partial charge in [-0.15, -0.1) is 0 Å². The molecule has 0 unspecified atom stereocenters. The third-order valence-electron chi connectivity index (χ3n) is 4.37. The van der Waals surface area contributed by atoms with Crippen molar-refractivity contribution < 1.29 is 9.53 Å². The van der Waals surface area contributed by atoms with Crippen LogP contribution in [0.3, 0.4) is 0 Å². The lowest BCUT2D eigenvalue weighted by molar-refractivity contribution is 0.0600. The first-order valence-corrected chi connectivity index (χ1v) is 6.66. The Morgan fingerprint density at radius 1 is 1.17 bits per heavy atom. The normalized spacial score (nSPS) is 20.8. The van der Waals surface area contributed by atoms with E-state index in [2.05, 4.69) is 4.90 Å². The second-order valence-corrected chi connectivity index (χ2v) is 5.60. The second-order valence-electron chi connectivity index (χ2n) is 5.60. The first kappa shape index (κ1) is 11.6. The van der Waals surface area contributed by atoms with Crippen LogP contribution in [0.1, 0.15) is 36.0 Å². The summed E-state index contributed by atoms with van der Waals surface area (Å²) >= 11 is 0. The predicted octanol–water partition coefficient (Wildman–Crippen LogP) is 2.85. The van der Waals surface area contributed by atoms with E-state index in [9.17, 15) is 4.79 Å². The van der Waals surface area contributed by atoms with Crippen LogP contribution in [-0.4, -0.2) is 26.2 Å². The molecule has 3 rings (SSSR count). The molecular formula is C15H19NO2. The van der Waals surface area contributed by atoms with Crippen molar-refractivity contribution in [2.75, 3.05) is 25.1 Å². The van der Waals surface area contributed by atoms with Gasteiger partial charge in [0, 0.05) is 24.2 Å². The van der Waals surface area contributed by atoms with Gasteiger partial charge in [0.25, 0.3) is 0 Å². The highest BCUT2D eigenvalue weighted by Crippen LogP contribution is 2.46. The van der Waals surface area contributed by atoms with Crippen LogP contribution in [0.2, 0.25) is 0 Å². The Kier molecular flexibility index (Phi) is 2.77. The van der Waals surface area contributed by atoms with Gasteiger partial charge in [-0.25, -0.2) is 4.79 Å². The van der Waals surface area contributed by atoms with Gasteiger partial charge in [0.05, 0.1) is 12.7 Å². The monoisotopic (exact) mass is 245 g/mol. The molecule has 0 atom stereocenters. The third-order valence-corrected chi connectivity index (χ3v) is 4.37. The highest BCUT2D eigenvalue weighted by atomic mass is 16.5. The van der Waals surface area contributed by atoms with Gasteiger partial charge in [-0.3, -0.25) is 0 Å². The number of hydrogen-bond acceptors (Lipinski definition) is 3. The molecular weight excluding hydrogens is 226 g/mol. The lowest BCUT2D eigenvalue weighted by atomic mass is 9.78. The molecule has 3 nitrogen and oxygen atoms in total. The van der Waals surface area contributed by atoms with E-state index in [-0.39, 0.29) is 5.97 Å². The molecule has 18 heavy (non-hydrogen) atoms. The highest BCUT2D eigenvalue weighted by Gasteiger charge is 2.44. The fourth-order valence-electron chi connectivity index (χ4n) is 3.31. The average Bonchev–Trinajstić information content (AvgIpc) is 2.86. The van der Waals surface area contributed by atoms with E-state index in [1.54, 1.807) is 0 Å². The van der Waals surface area contributed by atoms with Crippen LogP contribution < -0.4 is 4.90 Å². The zero-order valence-corrected chi connectivity index (χ0v) is 10.8. The van der Waals surface area contributed by atoms with Crippen LogP contribution in [0.4, 0.5) is 5.69 Å². The zero-order chi connectivity index (χ0) is 12.6. The number of anilines is 1. The number of ether oxygens (including phenoxy) is 1. The number of esters is 1. The summed E-state index contributed by atoms with van der Waals surface area (Å²) in [5.41, 5.74) is 2.46. The molecule has 0 aromatic heterocycles. The molecule has 1 aliphatic heterocycles. The molecule has 2 fully saturated rings. The molecule has 0 bridgehead atoms. The fourth-order valence-corrected chi connectivity index (χ4v) is 3.31. The largest absolute Gasteiger partial charge is 0.465 e. The first-order valence-electron chi connectivity index (χ1n) is 6.66. The van der Waals surface area contributed by atoms with Crippen molar-refractivity contribution in [2.24, 2.45) is 5.41 Å². The van der Waals surface area contributed by atoms with Crippen LogP contribution in [-0.2, 0) is 4.74 Å². The van der Waals surface area contributed by atoms with Gasteiger partial charge < -0.3 is 9.64 Å². The smallest absolute Gasteiger partial charge is 0.337 e. The van der Waals surface area contributed by atoms with Gasteiger partial charge in [-0.2, -0.15) is 0 Å². The second kappa shape index (κ2) is 4.30. The lowest BCUT2D eigenvalue weighted by Crippen LogP contribution is -2.55. The van der Waals surface area contributed by atoms with E-state index in [1.807, 2.05) is 24.3 Å². The van der Waals surface area contributed by atoms with Gasteiger partial charge in [-0.1, -0.05) is 12.8 Å². The van der Waals surface area contributed by atoms with Crippen molar-refractivity contribution >= 4 is 11.7 Å². The number of hydrogen-bond donors (Lipinski definition) is 0. The first-order chi connectivity index (χ1) is 8.72. The van der Waals surface area contributed by atoms with Crippen LogP contribution in [0, 0.1) is 5.41 Å². The van der Waals surface area contributed by atoms with Gasteiger partial charge >= 0.3 is 5.97 Å². The fraction of sp³-hybridized carbons (Fsp3) is 0.533. The summed E-state index contributed by atoms with van der Waals surface area (Å²) in [7, 11) is 1.41. The molecule has 1 heterocycles. The van der Waals surface area contributed by atoms with Crippen molar-refractivity contribution in [3.63, 3.8) is 0 Å². The number of carbonyl (C=O) groups is 1. The van der Waals surface area contributed by atoms with Gasteiger partial charge in [0.1, 0.15) is 0 Å². The summed E-state index contributed by atoms with van der Waals surface area (Å²) < 4.78 is 4.70. The number of rotatable bonds is 2. The highest BCUT2D eigenvalue weighted by molar-refractivity contribution is 5.89. The van der Waals surface area contributed by atoms with Crippen LogP contribution >= 0.6 is 0 Å². The molecule has 1 aromatic rings. The van der Waals surface area contributed by atoms with Crippen LogP contribution in [0.15, 0.2) is 24.3 Å². The maximum absolute atomic E-state index is 11.3. The van der Waals surface area contributed by atoms with E-state index in [0.29, 0.717) is 11.0 Å². The Hall–Kier alpha value is -1.51. The minimum absolute atomic E-state index is 0.266. The molecule has 0 N–H and O–H groups in total. The number of benzene rings is 1. The van der Waals surface area contributed by atoms with Crippen LogP contribution in [0.25, 0.3) is 0 Å². The average molecular weight is 245 g/mol. The summed E-state index contributed by atoms with van der Waals surface area (Å²) in [5.74, 6) is -0.266. The molecule has 0 amide bonds. The van der Waals surface area contributed by atoms with Crippen molar-refractivity contribution in [1.82, 2.24) is 0 Å². The molecule has 1 saturated carbocycles. The number of methoxy groups -OCH3 is 1. The van der Waals surface area contributed by atoms with E-state index < -0.39 is 0 Å². The summed E-state index contributed by atoms with van der Waals surface area (Å²) in [6.45, 7) is 2.37. The molecule has 1 saturated heterocycles. The molecule has 1 spiro atoms. The van der Waals surface area contributed by atoms with Crippen molar-refractivity contribution in [3.05, 3.63) is 29.8 Å². The third kappa shape index (κ3) is 1.88. The summed E-state index contributed by atoms with van der Waals surface area (Å²) in [5, 5.41) is 0. The molecule has 3 heteroatoms. The Balaban J connectivity index is 1.66. The maximum atomic E-state index is 11.3. The Bertz CT molecular complexity index is 438. The maximum Gasteiger partial charge on any atom is 0.337 e. The lowest BCUT2D eigenvalue weighted by Gasteiger charge is -2.49. The van der Waals surface area contributed by atoms with Crippen molar-refractivity contribution in [1.29, 1.82) is 0 Å². The van der Waals surface area contributed by atoms with E-state index in [4.69, 9.17) is 4.74 Å². The molecule has 1 aliphatic carbocycles. The number of nitrogens with zero attached hydrogens (tertiary/aromatic N) is 1. The van der Waals surface area contributed by atoms with E-state index in [0.717, 1.165) is 0 Å². The van der Waals surface area contributed by atoms with E-state index in [1.165, 1.54) is 51.6 Å².